The molecule has 0 atom stereocenters. The molecule has 0 spiro atoms. The molecule has 0 aromatic heterocycles. The molecule has 0 saturated carbocycles. The lowest BCUT2D eigenvalue weighted by Crippen LogP contribution is -2.48. The summed E-state index contributed by atoms with van der Waals surface area (Å²) in [5, 5.41) is 11.8. The summed E-state index contributed by atoms with van der Waals surface area (Å²) in [5.74, 6) is -0.525. The Hall–Kier alpha value is -3.92. The number of nitrogens with zero attached hydrogens (tertiary/aromatic N) is 4. The largest absolute Gasteiger partial charge is 0.369 e. The van der Waals surface area contributed by atoms with E-state index < -0.39 is 26.0 Å². The van der Waals surface area contributed by atoms with Crippen molar-refractivity contribution >= 4 is 43.0 Å². The van der Waals surface area contributed by atoms with Crippen LogP contribution >= 0.6 is 0 Å². The molecule has 3 aromatic rings. The molecule has 0 radical (unpaired) electrons. The number of para-hydroxylation sites is 1. The topological polar surface area (TPSA) is 131 Å². The van der Waals surface area contributed by atoms with Crippen molar-refractivity contribution < 1.29 is 21.6 Å². The number of carbonyl (C=O) groups excluding carboxylic acids is 1. The van der Waals surface area contributed by atoms with E-state index in [9.17, 15) is 21.6 Å². The summed E-state index contributed by atoms with van der Waals surface area (Å²) in [4.78, 5) is 15.1. The van der Waals surface area contributed by atoms with Gasteiger partial charge in [0.25, 0.3) is 5.91 Å². The van der Waals surface area contributed by atoms with Crippen molar-refractivity contribution in [1.82, 2.24) is 4.31 Å². The molecular formula is C26H27N5O5S2. The molecule has 1 heterocycles. The first-order valence-electron chi connectivity index (χ1n) is 11.7. The van der Waals surface area contributed by atoms with E-state index in [1.54, 1.807) is 30.3 Å². The van der Waals surface area contributed by atoms with Crippen LogP contribution in [0.25, 0.3) is 0 Å². The summed E-state index contributed by atoms with van der Waals surface area (Å²) in [6.07, 6.45) is 1.05. The van der Waals surface area contributed by atoms with Gasteiger partial charge in [-0.15, -0.1) is 0 Å². The van der Waals surface area contributed by atoms with Crippen molar-refractivity contribution in [3.8, 4) is 6.07 Å². The van der Waals surface area contributed by atoms with Crippen LogP contribution in [0, 0.1) is 11.3 Å². The first kappa shape index (κ1) is 27.1. The molecule has 1 N–H and O–H groups in total. The van der Waals surface area contributed by atoms with Crippen LogP contribution in [0.5, 0.6) is 0 Å². The van der Waals surface area contributed by atoms with E-state index in [0.29, 0.717) is 37.4 Å². The van der Waals surface area contributed by atoms with Gasteiger partial charge >= 0.3 is 0 Å². The van der Waals surface area contributed by atoms with E-state index >= 15 is 0 Å². The molecule has 198 valence electrons. The van der Waals surface area contributed by atoms with E-state index in [0.717, 1.165) is 16.2 Å². The second-order valence-electron chi connectivity index (χ2n) is 8.78. The number of rotatable bonds is 7. The lowest BCUT2D eigenvalue weighted by Gasteiger charge is -2.35. The predicted octanol–water partition coefficient (Wildman–Crippen LogP) is 2.72. The third kappa shape index (κ3) is 5.80. The molecule has 3 aromatic carbocycles. The minimum Gasteiger partial charge on any atom is -0.369 e. The summed E-state index contributed by atoms with van der Waals surface area (Å²) in [6, 6.07) is 21.5. The molecule has 0 aliphatic carbocycles. The second-order valence-corrected chi connectivity index (χ2v) is 12.7. The Bertz CT molecular complexity index is 1590. The third-order valence-electron chi connectivity index (χ3n) is 6.31. The van der Waals surface area contributed by atoms with Crippen molar-refractivity contribution in [3.05, 3.63) is 83.9 Å². The van der Waals surface area contributed by atoms with E-state index in [4.69, 9.17) is 5.26 Å². The maximum absolute atomic E-state index is 13.2. The van der Waals surface area contributed by atoms with Crippen LogP contribution in [0.4, 0.5) is 17.1 Å². The number of nitrogens with one attached hydrogen (secondary N) is 1. The van der Waals surface area contributed by atoms with E-state index in [1.165, 1.54) is 47.8 Å². The SMILES string of the molecule is CN(c1ccccc1C(=O)Nc1ccc(S(=O)(=O)N2CCN(c3cccc(C#N)c3)CC2)cc1)S(C)(=O)=O. The maximum Gasteiger partial charge on any atom is 0.257 e. The average molecular weight is 554 g/mol. The van der Waals surface area contributed by atoms with Crippen LogP contribution in [0.3, 0.4) is 0 Å². The molecule has 1 fully saturated rings. The van der Waals surface area contributed by atoms with Crippen molar-refractivity contribution in [2.45, 2.75) is 4.90 Å². The third-order valence-corrected chi connectivity index (χ3v) is 9.42. The first-order valence-corrected chi connectivity index (χ1v) is 15.0. The highest BCUT2D eigenvalue weighted by Crippen LogP contribution is 2.25. The monoisotopic (exact) mass is 553 g/mol. The number of nitriles is 1. The highest BCUT2D eigenvalue weighted by Gasteiger charge is 2.29. The number of piperazine rings is 1. The van der Waals surface area contributed by atoms with Crippen LogP contribution in [-0.2, 0) is 20.0 Å². The molecule has 0 unspecified atom stereocenters. The number of anilines is 3. The van der Waals surface area contributed by atoms with E-state index in [-0.39, 0.29) is 16.1 Å². The van der Waals surface area contributed by atoms with Gasteiger partial charge in [0, 0.05) is 44.6 Å². The van der Waals surface area contributed by atoms with Crippen molar-refractivity contribution in [2.24, 2.45) is 0 Å². The van der Waals surface area contributed by atoms with Gasteiger partial charge in [-0.25, -0.2) is 16.8 Å². The molecule has 1 amide bonds. The Labute approximate surface area is 222 Å². The standard InChI is InChI=1S/C26H27N5O5S2/c1-29(37(2,33)34)25-9-4-3-8-24(25)26(32)28-21-10-12-23(13-11-21)38(35,36)31-16-14-30(15-17-31)22-7-5-6-20(18-22)19-27/h3-13,18H,14-17H2,1-2H3,(H,28,32). The Morgan fingerprint density at radius 2 is 1.58 bits per heavy atom. The van der Waals surface area contributed by atoms with Gasteiger partial charge in [-0.2, -0.15) is 9.57 Å². The highest BCUT2D eigenvalue weighted by atomic mass is 32.2. The fourth-order valence-electron chi connectivity index (χ4n) is 4.14. The summed E-state index contributed by atoms with van der Waals surface area (Å²) in [5.41, 5.74) is 2.19. The second kappa shape index (κ2) is 10.8. The zero-order valence-corrected chi connectivity index (χ0v) is 22.5. The number of hydrogen-bond acceptors (Lipinski definition) is 7. The Morgan fingerprint density at radius 3 is 2.21 bits per heavy atom. The summed E-state index contributed by atoms with van der Waals surface area (Å²) in [6.45, 7) is 1.57. The normalized spacial score (nSPS) is 14.5. The highest BCUT2D eigenvalue weighted by molar-refractivity contribution is 7.92. The molecule has 4 rings (SSSR count). The Morgan fingerprint density at radius 1 is 0.921 bits per heavy atom. The van der Waals surface area contributed by atoms with Crippen molar-refractivity contribution in [1.29, 1.82) is 5.26 Å². The van der Waals surface area contributed by atoms with Crippen LogP contribution < -0.4 is 14.5 Å². The fourth-order valence-corrected chi connectivity index (χ4v) is 6.07. The molecule has 0 bridgehead atoms. The van der Waals surface area contributed by atoms with Crippen molar-refractivity contribution in [2.75, 3.05) is 54.0 Å². The van der Waals surface area contributed by atoms with Gasteiger partial charge in [-0.3, -0.25) is 9.10 Å². The van der Waals surface area contributed by atoms with Gasteiger partial charge in [0.05, 0.1) is 34.0 Å². The zero-order valence-electron chi connectivity index (χ0n) is 20.9. The Balaban J connectivity index is 1.44. The average Bonchev–Trinajstić information content (AvgIpc) is 2.92. The molecule has 1 aliphatic heterocycles. The number of carbonyl (C=O) groups is 1. The van der Waals surface area contributed by atoms with Gasteiger partial charge in [-0.1, -0.05) is 18.2 Å². The van der Waals surface area contributed by atoms with Gasteiger partial charge < -0.3 is 10.2 Å². The van der Waals surface area contributed by atoms with Gasteiger partial charge in [-0.05, 0) is 54.6 Å². The first-order chi connectivity index (χ1) is 18.0. The van der Waals surface area contributed by atoms with Crippen LogP contribution in [-0.4, -0.2) is 66.5 Å². The summed E-state index contributed by atoms with van der Waals surface area (Å²) >= 11 is 0. The molecule has 12 heteroatoms. The minimum absolute atomic E-state index is 0.104. The van der Waals surface area contributed by atoms with Crippen LogP contribution in [0.15, 0.2) is 77.7 Å². The molecule has 10 nitrogen and oxygen atoms in total. The van der Waals surface area contributed by atoms with E-state index in [2.05, 4.69) is 11.4 Å². The predicted molar refractivity (Wildman–Crippen MR) is 146 cm³/mol. The fraction of sp³-hybridized carbons (Fsp3) is 0.231. The molecule has 38 heavy (non-hydrogen) atoms. The minimum atomic E-state index is -3.74. The lowest BCUT2D eigenvalue weighted by atomic mass is 10.1. The molecule has 1 saturated heterocycles. The number of sulfonamides is 2. The molecular weight excluding hydrogens is 526 g/mol. The van der Waals surface area contributed by atoms with Crippen LogP contribution in [0.2, 0.25) is 0 Å². The quantitative estimate of drug-likeness (QED) is 0.476. The van der Waals surface area contributed by atoms with E-state index in [1.807, 2.05) is 11.0 Å². The number of benzene rings is 3. The lowest BCUT2D eigenvalue weighted by molar-refractivity contribution is 0.102. The van der Waals surface area contributed by atoms with Gasteiger partial charge in [0.2, 0.25) is 20.0 Å². The van der Waals surface area contributed by atoms with Gasteiger partial charge in [0.15, 0.2) is 0 Å². The summed E-state index contributed by atoms with van der Waals surface area (Å²) in [7, 11) is -5.95. The smallest absolute Gasteiger partial charge is 0.257 e. The summed E-state index contributed by atoms with van der Waals surface area (Å²) < 4.78 is 52.8. The van der Waals surface area contributed by atoms with Crippen LogP contribution in [0.1, 0.15) is 15.9 Å². The number of hydrogen-bond donors (Lipinski definition) is 1. The maximum atomic E-state index is 13.2. The Kier molecular flexibility index (Phi) is 7.73. The van der Waals surface area contributed by atoms with Gasteiger partial charge in [0.1, 0.15) is 0 Å². The van der Waals surface area contributed by atoms with Crippen molar-refractivity contribution in [3.63, 3.8) is 0 Å². The number of amides is 1. The molecule has 1 aliphatic rings. The zero-order chi connectivity index (χ0) is 27.5.